The molecule has 0 unspecified atom stereocenters. The molecule has 9 heteroatoms. The van der Waals surface area contributed by atoms with Crippen molar-refractivity contribution in [3.05, 3.63) is 59.7 Å². The van der Waals surface area contributed by atoms with Crippen LogP contribution in [0.1, 0.15) is 43.6 Å². The summed E-state index contributed by atoms with van der Waals surface area (Å²) in [4.78, 5) is 25.8. The minimum atomic E-state index is -3.70. The second-order valence-corrected chi connectivity index (χ2v) is 9.78. The molecular formula is C24H33N3O5S. The Hall–Kier alpha value is -2.91. The first-order chi connectivity index (χ1) is 15.6. The highest BCUT2D eigenvalue weighted by atomic mass is 32.2. The molecule has 0 aromatic heterocycles. The highest BCUT2D eigenvalue weighted by Crippen LogP contribution is 2.18. The van der Waals surface area contributed by atoms with E-state index in [1.807, 2.05) is 38.1 Å². The smallest absolute Gasteiger partial charge is 0.251 e. The summed E-state index contributed by atoms with van der Waals surface area (Å²) in [6.45, 7) is 8.08. The SMILES string of the molecule is CCN(CC)S(=O)(=O)c1cccc(C(=O)N[C@@H](C(=O)NCc2ccccc2OC)C(C)C)c1. The van der Waals surface area contributed by atoms with E-state index in [4.69, 9.17) is 4.74 Å². The summed E-state index contributed by atoms with van der Waals surface area (Å²) in [7, 11) is -2.14. The van der Waals surface area contributed by atoms with Gasteiger partial charge in [0.1, 0.15) is 11.8 Å². The second-order valence-electron chi connectivity index (χ2n) is 7.84. The van der Waals surface area contributed by atoms with Crippen molar-refractivity contribution in [3.8, 4) is 5.75 Å². The molecular weight excluding hydrogens is 442 g/mol. The number of nitrogens with zero attached hydrogens (tertiary/aromatic N) is 1. The molecule has 0 radical (unpaired) electrons. The number of benzene rings is 2. The highest BCUT2D eigenvalue weighted by molar-refractivity contribution is 7.89. The Bertz CT molecular complexity index is 1070. The molecule has 2 amide bonds. The lowest BCUT2D eigenvalue weighted by molar-refractivity contribution is -0.124. The number of rotatable bonds is 11. The fourth-order valence-electron chi connectivity index (χ4n) is 3.41. The van der Waals surface area contributed by atoms with Gasteiger partial charge in [0, 0.05) is 30.8 Å². The molecule has 2 N–H and O–H groups in total. The van der Waals surface area contributed by atoms with Gasteiger partial charge < -0.3 is 15.4 Å². The summed E-state index contributed by atoms with van der Waals surface area (Å²) in [6, 6.07) is 12.4. The summed E-state index contributed by atoms with van der Waals surface area (Å²) < 4.78 is 32.2. The van der Waals surface area contributed by atoms with E-state index in [1.165, 1.54) is 28.6 Å². The first kappa shape index (κ1) is 26.3. The normalized spacial score (nSPS) is 12.5. The van der Waals surface area contributed by atoms with Gasteiger partial charge in [-0.25, -0.2) is 8.42 Å². The largest absolute Gasteiger partial charge is 0.496 e. The number of carbonyl (C=O) groups is 2. The minimum absolute atomic E-state index is 0.0422. The second kappa shape index (κ2) is 11.8. The molecule has 0 fully saturated rings. The van der Waals surface area contributed by atoms with Gasteiger partial charge in [-0.05, 0) is 30.2 Å². The average molecular weight is 476 g/mol. The molecule has 1 atom stereocenters. The predicted octanol–water partition coefficient (Wildman–Crippen LogP) is 2.80. The van der Waals surface area contributed by atoms with Crippen molar-refractivity contribution in [3.63, 3.8) is 0 Å². The van der Waals surface area contributed by atoms with E-state index < -0.39 is 22.0 Å². The Morgan fingerprint density at radius 3 is 2.30 bits per heavy atom. The predicted molar refractivity (Wildman–Crippen MR) is 127 cm³/mol. The fraction of sp³-hybridized carbons (Fsp3) is 0.417. The monoisotopic (exact) mass is 475 g/mol. The van der Waals surface area contributed by atoms with E-state index in [0.29, 0.717) is 18.8 Å². The van der Waals surface area contributed by atoms with Crippen LogP contribution >= 0.6 is 0 Å². The van der Waals surface area contributed by atoms with Crippen LogP contribution in [0, 0.1) is 5.92 Å². The van der Waals surface area contributed by atoms with Gasteiger partial charge in [0.25, 0.3) is 5.91 Å². The number of ether oxygens (including phenoxy) is 1. The maximum Gasteiger partial charge on any atom is 0.251 e. The van der Waals surface area contributed by atoms with Gasteiger partial charge in [-0.15, -0.1) is 0 Å². The van der Waals surface area contributed by atoms with Crippen LogP contribution < -0.4 is 15.4 Å². The number of hydrogen-bond donors (Lipinski definition) is 2. The van der Waals surface area contributed by atoms with Gasteiger partial charge in [-0.1, -0.05) is 52.0 Å². The fourth-order valence-corrected chi connectivity index (χ4v) is 4.92. The number of methoxy groups -OCH3 is 1. The maximum atomic E-state index is 12.9. The van der Waals surface area contributed by atoms with Crippen LogP contribution in [-0.2, 0) is 21.4 Å². The van der Waals surface area contributed by atoms with Crippen LogP contribution in [0.5, 0.6) is 5.75 Å². The van der Waals surface area contributed by atoms with Gasteiger partial charge in [0.2, 0.25) is 15.9 Å². The highest BCUT2D eigenvalue weighted by Gasteiger charge is 2.26. The molecule has 8 nitrogen and oxygen atoms in total. The van der Waals surface area contributed by atoms with E-state index in [-0.39, 0.29) is 28.8 Å². The van der Waals surface area contributed by atoms with Crippen molar-refractivity contribution in [1.82, 2.24) is 14.9 Å². The summed E-state index contributed by atoms with van der Waals surface area (Å²) in [5, 5.41) is 5.58. The summed E-state index contributed by atoms with van der Waals surface area (Å²) in [6.07, 6.45) is 0. The van der Waals surface area contributed by atoms with E-state index in [1.54, 1.807) is 21.0 Å². The topological polar surface area (TPSA) is 105 Å². The van der Waals surface area contributed by atoms with Crippen molar-refractivity contribution in [2.45, 2.75) is 45.2 Å². The van der Waals surface area contributed by atoms with Crippen molar-refractivity contribution < 1.29 is 22.7 Å². The Kier molecular flexibility index (Phi) is 9.43. The molecule has 0 aliphatic heterocycles. The van der Waals surface area contributed by atoms with Crippen molar-refractivity contribution in [1.29, 1.82) is 0 Å². The lowest BCUT2D eigenvalue weighted by Gasteiger charge is -2.22. The van der Waals surface area contributed by atoms with Gasteiger partial charge in [0.15, 0.2) is 0 Å². The molecule has 180 valence electrons. The third kappa shape index (κ3) is 6.55. The van der Waals surface area contributed by atoms with Crippen molar-refractivity contribution in [2.75, 3.05) is 20.2 Å². The zero-order chi connectivity index (χ0) is 24.6. The van der Waals surface area contributed by atoms with Crippen LogP contribution in [0.3, 0.4) is 0 Å². The molecule has 2 aromatic rings. The lowest BCUT2D eigenvalue weighted by atomic mass is 10.0. The summed E-state index contributed by atoms with van der Waals surface area (Å²) in [5.74, 6) is -0.378. The van der Waals surface area contributed by atoms with Gasteiger partial charge in [-0.2, -0.15) is 4.31 Å². The maximum absolute atomic E-state index is 12.9. The van der Waals surface area contributed by atoms with E-state index >= 15 is 0 Å². The lowest BCUT2D eigenvalue weighted by Crippen LogP contribution is -2.49. The minimum Gasteiger partial charge on any atom is -0.496 e. The third-order valence-corrected chi connectivity index (χ3v) is 7.37. The molecule has 0 heterocycles. The van der Waals surface area contributed by atoms with Crippen LogP contribution in [0.4, 0.5) is 0 Å². The Labute approximate surface area is 196 Å². The number of nitrogens with one attached hydrogen (secondary N) is 2. The standard InChI is InChI=1S/C24H33N3O5S/c1-6-27(7-2)33(30,31)20-13-10-12-18(15-20)23(28)26-22(17(3)4)24(29)25-16-19-11-8-9-14-21(19)32-5/h8-15,17,22H,6-7,16H2,1-5H3,(H,25,29)(H,26,28)/t22-/m1/s1. The van der Waals surface area contributed by atoms with Crippen LogP contribution in [0.15, 0.2) is 53.4 Å². The number of hydrogen-bond acceptors (Lipinski definition) is 5. The zero-order valence-electron chi connectivity index (χ0n) is 19.8. The summed E-state index contributed by atoms with van der Waals surface area (Å²) in [5.41, 5.74) is 0.989. The Balaban J connectivity index is 2.16. The average Bonchev–Trinajstić information content (AvgIpc) is 2.81. The van der Waals surface area contributed by atoms with Crippen LogP contribution in [0.2, 0.25) is 0 Å². The quantitative estimate of drug-likeness (QED) is 0.520. The third-order valence-electron chi connectivity index (χ3n) is 5.32. The number of sulfonamides is 1. The molecule has 0 saturated carbocycles. The van der Waals surface area contributed by atoms with Gasteiger partial charge in [-0.3, -0.25) is 9.59 Å². The van der Waals surface area contributed by atoms with Gasteiger partial charge in [0.05, 0.1) is 12.0 Å². The van der Waals surface area contributed by atoms with Crippen molar-refractivity contribution in [2.24, 2.45) is 5.92 Å². The first-order valence-electron chi connectivity index (χ1n) is 11.0. The number of carbonyl (C=O) groups excluding carboxylic acids is 2. The van der Waals surface area contributed by atoms with Crippen LogP contribution in [0.25, 0.3) is 0 Å². The molecule has 33 heavy (non-hydrogen) atoms. The van der Waals surface area contributed by atoms with E-state index in [2.05, 4.69) is 10.6 Å². The molecule has 0 saturated heterocycles. The first-order valence-corrected chi connectivity index (χ1v) is 12.4. The molecule has 0 spiro atoms. The van der Waals surface area contributed by atoms with Crippen molar-refractivity contribution >= 4 is 21.8 Å². The molecule has 2 rings (SSSR count). The Morgan fingerprint density at radius 1 is 1.03 bits per heavy atom. The summed E-state index contributed by atoms with van der Waals surface area (Å²) >= 11 is 0. The van der Waals surface area contributed by atoms with Gasteiger partial charge >= 0.3 is 0 Å². The zero-order valence-corrected chi connectivity index (χ0v) is 20.6. The molecule has 0 aliphatic carbocycles. The van der Waals surface area contributed by atoms with Crippen LogP contribution in [-0.4, -0.2) is 50.8 Å². The number of amides is 2. The number of para-hydroxylation sites is 1. The molecule has 0 bridgehead atoms. The Morgan fingerprint density at radius 2 is 1.70 bits per heavy atom. The van der Waals surface area contributed by atoms with E-state index in [9.17, 15) is 18.0 Å². The van der Waals surface area contributed by atoms with E-state index in [0.717, 1.165) is 5.56 Å². The molecule has 2 aromatic carbocycles. The molecule has 0 aliphatic rings.